The highest BCUT2D eigenvalue weighted by atomic mass is 31.2. The highest BCUT2D eigenvalue weighted by Crippen LogP contribution is 2.41. The molecule has 1 fully saturated rings. The average Bonchev–Trinajstić information content (AvgIpc) is 2.93. The smallest absolute Gasteiger partial charge is 0.421 e. The molecule has 2 aromatic carbocycles. The van der Waals surface area contributed by atoms with E-state index in [1.807, 2.05) is 0 Å². The van der Waals surface area contributed by atoms with Crippen molar-refractivity contribution in [2.24, 2.45) is 0 Å². The maximum Gasteiger partial charge on any atom is 0.421 e. The van der Waals surface area contributed by atoms with Crippen LogP contribution >= 0.6 is 7.14 Å². The molecule has 15 heteroatoms. The van der Waals surface area contributed by atoms with Crippen LogP contribution in [-0.2, 0) is 20.3 Å². The fourth-order valence-electron chi connectivity index (χ4n) is 4.17. The number of rotatable bonds is 9. The second-order valence-corrected chi connectivity index (χ2v) is 12.6. The van der Waals surface area contributed by atoms with E-state index in [1.54, 1.807) is 31.5 Å². The van der Waals surface area contributed by atoms with Gasteiger partial charge in [-0.05, 0) is 49.7 Å². The Balaban J connectivity index is 1.70. The number of aromatic nitrogens is 2. The molecule has 1 aromatic heterocycles. The molecule has 4 rings (SSSR count). The number of nitrogens with zero attached hydrogens (tertiary/aromatic N) is 3. The van der Waals surface area contributed by atoms with Crippen LogP contribution in [0, 0.1) is 0 Å². The molecular formula is C26H30F3N6O5P. The second kappa shape index (κ2) is 12.3. The van der Waals surface area contributed by atoms with Crippen molar-refractivity contribution in [1.29, 1.82) is 0 Å². The number of hydroxylamine groups is 1. The van der Waals surface area contributed by atoms with E-state index in [2.05, 4.69) is 35.8 Å². The lowest BCUT2D eigenvalue weighted by Crippen LogP contribution is -2.36. The first-order valence-electron chi connectivity index (χ1n) is 12.4. The summed E-state index contributed by atoms with van der Waals surface area (Å²) in [5.41, 5.74) is 2.64. The van der Waals surface area contributed by atoms with Crippen molar-refractivity contribution in [3.8, 4) is 5.75 Å². The number of ether oxygens (including phenoxy) is 2. The highest BCUT2D eigenvalue weighted by Gasteiger charge is 2.36. The van der Waals surface area contributed by atoms with Gasteiger partial charge in [0.1, 0.15) is 24.3 Å². The third-order valence-corrected chi connectivity index (χ3v) is 7.72. The first-order chi connectivity index (χ1) is 19.4. The number of alkyl halides is 3. The summed E-state index contributed by atoms with van der Waals surface area (Å²) in [6.07, 6.45) is -4.12. The van der Waals surface area contributed by atoms with Crippen molar-refractivity contribution >= 4 is 47.2 Å². The summed E-state index contributed by atoms with van der Waals surface area (Å²) < 4.78 is 65.9. The molecule has 11 nitrogen and oxygen atoms in total. The maximum atomic E-state index is 14.0. The van der Waals surface area contributed by atoms with E-state index in [4.69, 9.17) is 9.47 Å². The van der Waals surface area contributed by atoms with Gasteiger partial charge in [-0.15, -0.1) is 0 Å². The predicted octanol–water partition coefficient (Wildman–Crippen LogP) is 4.37. The molecule has 220 valence electrons. The number of carbonyl (C=O) groups excluding carboxylic acids is 1. The summed E-state index contributed by atoms with van der Waals surface area (Å²) in [7, 11) is -0.279. The number of anilines is 5. The van der Waals surface area contributed by atoms with E-state index in [0.29, 0.717) is 43.5 Å². The minimum Gasteiger partial charge on any atom is -0.495 e. The van der Waals surface area contributed by atoms with E-state index >= 15 is 0 Å². The maximum absolute atomic E-state index is 14.0. The van der Waals surface area contributed by atoms with E-state index < -0.39 is 30.6 Å². The summed E-state index contributed by atoms with van der Waals surface area (Å²) in [6.45, 7) is 5.49. The zero-order valence-corrected chi connectivity index (χ0v) is 23.7. The number of methoxy groups -OCH3 is 1. The fourth-order valence-corrected chi connectivity index (χ4v) is 5.32. The van der Waals surface area contributed by atoms with Gasteiger partial charge in [0.05, 0.1) is 38.8 Å². The van der Waals surface area contributed by atoms with Gasteiger partial charge in [0.15, 0.2) is 0 Å². The van der Waals surface area contributed by atoms with Crippen molar-refractivity contribution in [2.45, 2.75) is 6.18 Å². The monoisotopic (exact) mass is 594 g/mol. The molecule has 1 aliphatic rings. The van der Waals surface area contributed by atoms with Gasteiger partial charge in [-0.1, -0.05) is 0 Å². The van der Waals surface area contributed by atoms with Gasteiger partial charge >= 0.3 is 6.18 Å². The average molecular weight is 595 g/mol. The number of nitrogens with one attached hydrogen (secondary N) is 3. The van der Waals surface area contributed by atoms with Crippen molar-refractivity contribution in [2.75, 3.05) is 69.4 Å². The van der Waals surface area contributed by atoms with E-state index in [1.165, 1.54) is 32.4 Å². The molecule has 0 bridgehead atoms. The Kier molecular flexibility index (Phi) is 9.05. The van der Waals surface area contributed by atoms with Gasteiger partial charge in [0.2, 0.25) is 5.95 Å². The number of hydrogen-bond donors (Lipinski definition) is 3. The fraction of sp³-hybridized carbons (Fsp3) is 0.346. The second-order valence-electron chi connectivity index (χ2n) is 9.41. The Bertz CT molecular complexity index is 1460. The normalized spacial score (nSPS) is 14.0. The first-order valence-corrected chi connectivity index (χ1v) is 15.0. The van der Waals surface area contributed by atoms with Crippen molar-refractivity contribution in [3.05, 3.63) is 53.7 Å². The van der Waals surface area contributed by atoms with Gasteiger partial charge < -0.3 is 29.6 Å². The van der Waals surface area contributed by atoms with Crippen LogP contribution in [0.5, 0.6) is 5.75 Å². The molecule has 2 heterocycles. The summed E-state index contributed by atoms with van der Waals surface area (Å²) in [5, 5.41) is 5.97. The van der Waals surface area contributed by atoms with E-state index in [9.17, 15) is 22.5 Å². The zero-order valence-electron chi connectivity index (χ0n) is 22.8. The topological polar surface area (TPSA) is 127 Å². The number of benzene rings is 2. The highest BCUT2D eigenvalue weighted by molar-refractivity contribution is 7.70. The Labute approximate surface area is 234 Å². The molecule has 3 N–H and O–H groups in total. The number of morpholine rings is 1. The Hall–Kier alpha value is -3.87. The molecule has 1 amide bonds. The van der Waals surface area contributed by atoms with Crippen LogP contribution in [0.15, 0.2) is 42.6 Å². The van der Waals surface area contributed by atoms with Crippen LogP contribution < -0.4 is 31.1 Å². The van der Waals surface area contributed by atoms with Crippen molar-refractivity contribution in [1.82, 2.24) is 15.4 Å². The molecule has 0 spiro atoms. The molecule has 0 radical (unpaired) electrons. The largest absolute Gasteiger partial charge is 0.495 e. The summed E-state index contributed by atoms with van der Waals surface area (Å²) in [4.78, 5) is 26.7. The summed E-state index contributed by atoms with van der Waals surface area (Å²) >= 11 is 0. The van der Waals surface area contributed by atoms with Crippen LogP contribution in [0.3, 0.4) is 0 Å². The van der Waals surface area contributed by atoms with Crippen LogP contribution in [0.4, 0.5) is 42.0 Å². The minimum atomic E-state index is -4.77. The lowest BCUT2D eigenvalue weighted by atomic mass is 10.2. The molecule has 1 aliphatic heterocycles. The summed E-state index contributed by atoms with van der Waals surface area (Å²) in [6, 6.07) is 9.46. The van der Waals surface area contributed by atoms with Gasteiger partial charge in [0, 0.05) is 35.8 Å². The zero-order chi connectivity index (χ0) is 29.8. The van der Waals surface area contributed by atoms with Gasteiger partial charge in [-0.25, -0.2) is 10.5 Å². The molecular weight excluding hydrogens is 564 g/mol. The van der Waals surface area contributed by atoms with Crippen LogP contribution in [0.2, 0.25) is 0 Å². The molecule has 0 unspecified atom stereocenters. The molecule has 1 saturated heterocycles. The predicted molar refractivity (Wildman–Crippen MR) is 150 cm³/mol. The number of amides is 1. The number of halogens is 3. The first kappa shape index (κ1) is 30.1. The van der Waals surface area contributed by atoms with E-state index in [0.717, 1.165) is 5.69 Å². The molecule has 0 aliphatic carbocycles. The molecule has 3 aromatic rings. The van der Waals surface area contributed by atoms with Crippen molar-refractivity contribution < 1.29 is 36.8 Å². The van der Waals surface area contributed by atoms with Gasteiger partial charge in [-0.2, -0.15) is 18.2 Å². The van der Waals surface area contributed by atoms with Gasteiger partial charge in [-0.3, -0.25) is 9.63 Å². The molecule has 0 saturated carbocycles. The SMILES string of the molecule is CONC(=O)c1ccc(Nc2ncc(C(F)(F)F)c(Nc3ccc(N4CCOCC4)cc3P(C)(C)=O)n2)c(OC)c1. The number of hydrogen-bond acceptors (Lipinski definition) is 10. The van der Waals surface area contributed by atoms with Crippen molar-refractivity contribution in [3.63, 3.8) is 0 Å². The lowest BCUT2D eigenvalue weighted by molar-refractivity contribution is -0.137. The van der Waals surface area contributed by atoms with Crippen LogP contribution in [-0.4, -0.2) is 69.7 Å². The minimum absolute atomic E-state index is 0.171. The standard InChI is InChI=1S/C26H30F3N6O5P/c1-38-21-13-16(24(36)34-39-2)5-7-19(21)32-25-30-15-18(26(27,28)29)23(33-25)31-20-8-6-17(14-22(20)41(3,4)37)35-9-11-40-12-10-35/h5-8,13-15H,9-12H2,1-4H3,(H,34,36)(H2,30,31,32,33). The molecule has 0 atom stereocenters. The number of carbonyl (C=O) groups is 1. The Morgan fingerprint density at radius 1 is 1.05 bits per heavy atom. The van der Waals surface area contributed by atoms with Crippen LogP contribution in [0.1, 0.15) is 15.9 Å². The summed E-state index contributed by atoms with van der Waals surface area (Å²) in [5.74, 6) is -1.01. The third-order valence-electron chi connectivity index (χ3n) is 6.19. The quantitative estimate of drug-likeness (QED) is 0.243. The molecule has 41 heavy (non-hydrogen) atoms. The lowest BCUT2D eigenvalue weighted by Gasteiger charge is -2.30. The Morgan fingerprint density at radius 2 is 1.76 bits per heavy atom. The van der Waals surface area contributed by atoms with E-state index in [-0.39, 0.29) is 22.9 Å². The van der Waals surface area contributed by atoms with Crippen LogP contribution in [0.25, 0.3) is 0 Å². The van der Waals surface area contributed by atoms with Gasteiger partial charge in [0.25, 0.3) is 5.91 Å². The Morgan fingerprint density at radius 3 is 2.39 bits per heavy atom. The third kappa shape index (κ3) is 7.26.